The smallest absolute Gasteiger partial charge is 0.280 e. The second-order valence-electron chi connectivity index (χ2n) is 6.50. The highest BCUT2D eigenvalue weighted by atomic mass is 19.3. The Bertz CT molecular complexity index is 775. The predicted octanol–water partition coefficient (Wildman–Crippen LogP) is 1.95. The number of hydrogen-bond donors (Lipinski definition) is 0. The first-order chi connectivity index (χ1) is 12.1. The Morgan fingerprint density at radius 1 is 1.32 bits per heavy atom. The van der Waals surface area contributed by atoms with E-state index in [1.807, 2.05) is 0 Å². The van der Waals surface area contributed by atoms with Crippen molar-refractivity contribution in [3.63, 3.8) is 0 Å². The molecule has 2 saturated heterocycles. The lowest BCUT2D eigenvalue weighted by Crippen LogP contribution is -2.44. The van der Waals surface area contributed by atoms with Crippen LogP contribution in [0.15, 0.2) is 12.4 Å². The fraction of sp³-hybridized carbons (Fsp3) is 0.625. The zero-order valence-corrected chi connectivity index (χ0v) is 13.6. The maximum atomic E-state index is 13.3. The van der Waals surface area contributed by atoms with Gasteiger partial charge in [-0.3, -0.25) is 4.79 Å². The van der Waals surface area contributed by atoms with Gasteiger partial charge >= 0.3 is 0 Å². The SMILES string of the molecule is O=C(C1CCCO1)N1CCCC(c2cc(C(F)F)n3ncnc3n2)C1. The van der Waals surface area contributed by atoms with E-state index in [4.69, 9.17) is 4.74 Å². The first-order valence-corrected chi connectivity index (χ1v) is 8.52. The van der Waals surface area contributed by atoms with Crippen molar-refractivity contribution in [1.82, 2.24) is 24.5 Å². The molecule has 0 spiro atoms. The molecule has 2 unspecified atom stereocenters. The normalized spacial score (nSPS) is 24.4. The van der Waals surface area contributed by atoms with Crippen LogP contribution in [0.2, 0.25) is 0 Å². The maximum Gasteiger partial charge on any atom is 0.280 e. The number of fused-ring (bicyclic) bond motifs is 1. The Kier molecular flexibility index (Phi) is 4.32. The molecule has 0 aliphatic carbocycles. The quantitative estimate of drug-likeness (QED) is 0.845. The number of carbonyl (C=O) groups is 1. The highest BCUT2D eigenvalue weighted by Crippen LogP contribution is 2.30. The van der Waals surface area contributed by atoms with E-state index in [-0.39, 0.29) is 29.4 Å². The first-order valence-electron chi connectivity index (χ1n) is 8.52. The van der Waals surface area contributed by atoms with Gasteiger partial charge in [0, 0.05) is 25.6 Å². The monoisotopic (exact) mass is 351 g/mol. The van der Waals surface area contributed by atoms with Gasteiger partial charge in [0.2, 0.25) is 0 Å². The average Bonchev–Trinajstić information content (AvgIpc) is 3.31. The molecule has 0 bridgehead atoms. The second kappa shape index (κ2) is 6.62. The summed E-state index contributed by atoms with van der Waals surface area (Å²) in [7, 11) is 0. The number of aromatic nitrogens is 4. The molecule has 0 aromatic carbocycles. The van der Waals surface area contributed by atoms with E-state index in [0.29, 0.717) is 25.4 Å². The summed E-state index contributed by atoms with van der Waals surface area (Å²) in [6.45, 7) is 1.76. The summed E-state index contributed by atoms with van der Waals surface area (Å²) in [5.74, 6) is 0.0773. The molecular formula is C16H19F2N5O2. The number of rotatable bonds is 3. The minimum absolute atomic E-state index is 0.000149. The standard InChI is InChI=1S/C16H19F2N5O2/c17-14(18)12-7-11(21-16-19-9-20-23(12)16)10-3-1-5-22(8-10)15(24)13-4-2-6-25-13/h7,9-10,13-14H,1-6,8H2. The van der Waals surface area contributed by atoms with Crippen LogP contribution >= 0.6 is 0 Å². The third-order valence-electron chi connectivity index (χ3n) is 4.88. The minimum Gasteiger partial charge on any atom is -0.368 e. The number of nitrogens with zero attached hydrogens (tertiary/aromatic N) is 5. The Hall–Kier alpha value is -2.16. The van der Waals surface area contributed by atoms with Crippen LogP contribution in [-0.2, 0) is 9.53 Å². The molecule has 0 radical (unpaired) electrons. The van der Waals surface area contributed by atoms with Gasteiger partial charge in [0.05, 0.1) is 5.69 Å². The van der Waals surface area contributed by atoms with E-state index in [1.165, 1.54) is 12.4 Å². The molecule has 4 heterocycles. The lowest BCUT2D eigenvalue weighted by Gasteiger charge is -2.34. The lowest BCUT2D eigenvalue weighted by molar-refractivity contribution is -0.142. The summed E-state index contributed by atoms with van der Waals surface area (Å²) in [5.41, 5.74) is 0.320. The Morgan fingerprint density at radius 3 is 2.96 bits per heavy atom. The summed E-state index contributed by atoms with van der Waals surface area (Å²) in [6.07, 6.45) is 1.45. The summed E-state index contributed by atoms with van der Waals surface area (Å²) in [4.78, 5) is 22.7. The number of hydrogen-bond acceptors (Lipinski definition) is 5. The van der Waals surface area contributed by atoms with Crippen LogP contribution in [0.1, 0.15) is 49.4 Å². The van der Waals surface area contributed by atoms with Crippen molar-refractivity contribution in [3.05, 3.63) is 23.8 Å². The predicted molar refractivity (Wildman–Crippen MR) is 83.3 cm³/mol. The van der Waals surface area contributed by atoms with Crippen molar-refractivity contribution in [2.24, 2.45) is 0 Å². The van der Waals surface area contributed by atoms with E-state index >= 15 is 0 Å². The van der Waals surface area contributed by atoms with Gasteiger partial charge < -0.3 is 9.64 Å². The average molecular weight is 351 g/mol. The molecule has 2 fully saturated rings. The van der Waals surface area contributed by atoms with Crippen molar-refractivity contribution < 1.29 is 18.3 Å². The van der Waals surface area contributed by atoms with Gasteiger partial charge in [0.25, 0.3) is 18.1 Å². The zero-order valence-electron chi connectivity index (χ0n) is 13.6. The van der Waals surface area contributed by atoms with Gasteiger partial charge in [-0.2, -0.15) is 14.6 Å². The first kappa shape index (κ1) is 16.3. The van der Waals surface area contributed by atoms with Gasteiger partial charge in [0.1, 0.15) is 18.1 Å². The van der Waals surface area contributed by atoms with Crippen LogP contribution in [-0.4, -0.2) is 56.2 Å². The highest BCUT2D eigenvalue weighted by molar-refractivity contribution is 5.81. The van der Waals surface area contributed by atoms with E-state index in [9.17, 15) is 13.6 Å². The van der Waals surface area contributed by atoms with Crippen molar-refractivity contribution in [2.75, 3.05) is 19.7 Å². The Morgan fingerprint density at radius 2 is 2.20 bits per heavy atom. The second-order valence-corrected chi connectivity index (χ2v) is 6.50. The molecule has 2 atom stereocenters. The summed E-state index contributed by atoms with van der Waals surface area (Å²) < 4.78 is 33.2. The van der Waals surface area contributed by atoms with Crippen LogP contribution in [0.4, 0.5) is 8.78 Å². The maximum absolute atomic E-state index is 13.3. The number of carbonyl (C=O) groups excluding carboxylic acids is 1. The summed E-state index contributed by atoms with van der Waals surface area (Å²) in [6, 6.07) is 1.39. The highest BCUT2D eigenvalue weighted by Gasteiger charge is 2.33. The molecule has 4 rings (SSSR count). The van der Waals surface area contributed by atoms with E-state index < -0.39 is 6.43 Å². The molecule has 2 aliphatic rings. The number of ether oxygens (including phenoxy) is 1. The molecule has 1 amide bonds. The largest absolute Gasteiger partial charge is 0.368 e. The third-order valence-corrected chi connectivity index (χ3v) is 4.88. The van der Waals surface area contributed by atoms with Crippen molar-refractivity contribution in [3.8, 4) is 0 Å². The van der Waals surface area contributed by atoms with Gasteiger partial charge in [-0.25, -0.2) is 13.8 Å². The zero-order chi connectivity index (χ0) is 17.4. The lowest BCUT2D eigenvalue weighted by atomic mass is 9.93. The van der Waals surface area contributed by atoms with E-state index in [2.05, 4.69) is 15.1 Å². The van der Waals surface area contributed by atoms with Gasteiger partial charge in [-0.05, 0) is 31.7 Å². The van der Waals surface area contributed by atoms with Gasteiger partial charge in [-0.15, -0.1) is 0 Å². The molecule has 2 aliphatic heterocycles. The van der Waals surface area contributed by atoms with Gasteiger partial charge in [-0.1, -0.05) is 0 Å². The number of likely N-dealkylation sites (tertiary alicyclic amines) is 1. The molecule has 7 nitrogen and oxygen atoms in total. The van der Waals surface area contributed by atoms with E-state index in [0.717, 1.165) is 30.2 Å². The van der Waals surface area contributed by atoms with Crippen LogP contribution < -0.4 is 0 Å². The van der Waals surface area contributed by atoms with Crippen LogP contribution in [0.5, 0.6) is 0 Å². The third kappa shape index (κ3) is 3.08. The topological polar surface area (TPSA) is 72.6 Å². The molecule has 2 aromatic rings. The molecule has 2 aromatic heterocycles. The van der Waals surface area contributed by atoms with Crippen molar-refractivity contribution in [1.29, 1.82) is 0 Å². The molecule has 0 N–H and O–H groups in total. The summed E-state index contributed by atoms with van der Waals surface area (Å²) in [5, 5.41) is 3.80. The molecular weight excluding hydrogens is 332 g/mol. The van der Waals surface area contributed by atoms with Gasteiger partial charge in [0.15, 0.2) is 0 Å². The molecule has 0 saturated carbocycles. The number of alkyl halides is 2. The fourth-order valence-corrected chi connectivity index (χ4v) is 3.61. The Balaban J connectivity index is 1.58. The molecule has 9 heteroatoms. The number of amides is 1. The van der Waals surface area contributed by atoms with Crippen LogP contribution in [0.25, 0.3) is 5.78 Å². The number of piperidine rings is 1. The van der Waals surface area contributed by atoms with Crippen molar-refractivity contribution in [2.45, 2.75) is 44.1 Å². The molecule has 134 valence electrons. The minimum atomic E-state index is -2.67. The van der Waals surface area contributed by atoms with Crippen LogP contribution in [0, 0.1) is 0 Å². The van der Waals surface area contributed by atoms with E-state index in [1.54, 1.807) is 4.90 Å². The number of halogens is 2. The Labute approximate surface area is 143 Å². The van der Waals surface area contributed by atoms with Crippen LogP contribution in [0.3, 0.4) is 0 Å². The van der Waals surface area contributed by atoms with Crippen molar-refractivity contribution >= 4 is 11.7 Å². The fourth-order valence-electron chi connectivity index (χ4n) is 3.61. The molecule has 25 heavy (non-hydrogen) atoms. The summed E-state index contributed by atoms with van der Waals surface area (Å²) >= 11 is 0.